The Bertz CT molecular complexity index is 1450. The molecule has 6 rings (SSSR count). The Morgan fingerprint density at radius 1 is 0.689 bits per heavy atom. The van der Waals surface area contributed by atoms with E-state index in [0.29, 0.717) is 11.8 Å². The van der Waals surface area contributed by atoms with Crippen LogP contribution < -0.4 is 24.8 Å². The molecule has 4 aliphatic rings. The number of rotatable bonds is 2. The molecule has 0 saturated heterocycles. The monoisotopic (exact) mass is 722 g/mol. The van der Waals surface area contributed by atoms with E-state index < -0.39 is 0 Å². The van der Waals surface area contributed by atoms with Crippen molar-refractivity contribution in [1.82, 2.24) is 0 Å². The smallest absolute Gasteiger partial charge is 1.00 e. The van der Waals surface area contributed by atoms with Crippen LogP contribution in [0.5, 0.6) is 0 Å². The van der Waals surface area contributed by atoms with Crippen LogP contribution in [0.3, 0.4) is 0 Å². The molecule has 3 unspecified atom stereocenters. The molecular weight excluding hydrogens is 667 g/mol. The molecule has 2 aromatic carbocycles. The summed E-state index contributed by atoms with van der Waals surface area (Å²) < 4.78 is 0. The zero-order valence-corrected chi connectivity index (χ0v) is 34.5. The maximum absolute atomic E-state index is 2.75. The molecule has 0 radical (unpaired) electrons. The van der Waals surface area contributed by atoms with Gasteiger partial charge in [0, 0.05) is 11.3 Å². The van der Waals surface area contributed by atoms with Gasteiger partial charge in [-0.05, 0) is 117 Å². The van der Waals surface area contributed by atoms with Gasteiger partial charge in [-0.25, -0.2) is 0 Å². The summed E-state index contributed by atoms with van der Waals surface area (Å²) in [7, 11) is 0. The first-order chi connectivity index (χ1) is 19.4. The van der Waals surface area contributed by atoms with Crippen molar-refractivity contribution in [2.45, 2.75) is 139 Å². The number of allylic oxidation sites excluding steroid dienone is 4. The third kappa shape index (κ3) is 5.88. The van der Waals surface area contributed by atoms with Crippen LogP contribution in [0.2, 0.25) is 0 Å². The Kier molecular flexibility index (Phi) is 10.9. The molecule has 0 amide bonds. The van der Waals surface area contributed by atoms with E-state index in [1.165, 1.54) is 65.5 Å². The fraction of sp³-hybridized carbons (Fsp3) is 0.619. The van der Waals surface area contributed by atoms with Gasteiger partial charge >= 0.3 is 26.2 Å². The quantitative estimate of drug-likeness (QED) is 0.349. The SMILES string of the molecule is Cc1cc2c(cc1C(C)(C)C)-c1cc(C(C)(C)C)c(C)cc1C2C1(C(C)C)C2=C(CC(C(C)(C)C)=C2)C2CCCCC21.[Cl-].[Cl-].[Zr+2]. The number of benzene rings is 2. The Morgan fingerprint density at radius 2 is 1.16 bits per heavy atom. The molecule has 0 nitrogen and oxygen atoms in total. The second-order valence-electron chi connectivity index (χ2n) is 18.1. The molecule has 3 atom stereocenters. The Hall–Kier alpha value is -0.617. The largest absolute Gasteiger partial charge is 2.00 e. The molecule has 0 spiro atoms. The van der Waals surface area contributed by atoms with Crippen molar-refractivity contribution in [3.8, 4) is 11.1 Å². The van der Waals surface area contributed by atoms with Gasteiger partial charge in [0.2, 0.25) is 0 Å². The fourth-order valence-corrected chi connectivity index (χ4v) is 10.3. The summed E-state index contributed by atoms with van der Waals surface area (Å²) >= 11 is 0. The van der Waals surface area contributed by atoms with E-state index in [9.17, 15) is 0 Å². The Morgan fingerprint density at radius 3 is 1.58 bits per heavy atom. The third-order valence-electron chi connectivity index (χ3n) is 12.1. The first-order valence-corrected chi connectivity index (χ1v) is 17.1. The first-order valence-electron chi connectivity index (χ1n) is 17.1. The van der Waals surface area contributed by atoms with Crippen LogP contribution in [0.15, 0.2) is 47.1 Å². The molecular formula is C42H58Cl2Zr. The standard InChI is InChI=1S/C42H58.2ClH.Zr/c1-24(2)42(34-17-15-14-16-28(34)31-20-27(21-37(31)42)39(5,6)7)38-32-18-25(3)35(40(8,9)10)22-29(32)30-23-36(41(11,12)13)26(4)19-33(30)38;;;/h18-19,21-24,28,34,38H,14-17,20H2,1-13H3;2*1H;/q;;;+2/p-2. The fourth-order valence-electron chi connectivity index (χ4n) is 10.3. The predicted octanol–water partition coefficient (Wildman–Crippen LogP) is 6.15. The van der Waals surface area contributed by atoms with E-state index in [4.69, 9.17) is 0 Å². The van der Waals surface area contributed by atoms with Crippen molar-refractivity contribution in [3.05, 3.63) is 80.4 Å². The number of halogens is 2. The van der Waals surface area contributed by atoms with Crippen molar-refractivity contribution >= 4 is 0 Å². The van der Waals surface area contributed by atoms with Crippen LogP contribution >= 0.6 is 0 Å². The molecule has 45 heavy (non-hydrogen) atoms. The summed E-state index contributed by atoms with van der Waals surface area (Å²) in [5.41, 5.74) is 18.1. The molecule has 244 valence electrons. The normalized spacial score (nSPS) is 24.3. The summed E-state index contributed by atoms with van der Waals surface area (Å²) in [6.07, 6.45) is 9.52. The molecule has 0 heterocycles. The topological polar surface area (TPSA) is 0 Å². The van der Waals surface area contributed by atoms with Crippen LogP contribution in [-0.2, 0) is 37.0 Å². The summed E-state index contributed by atoms with van der Waals surface area (Å²) in [5, 5.41) is 0. The van der Waals surface area contributed by atoms with Gasteiger partial charge in [-0.15, -0.1) is 0 Å². The summed E-state index contributed by atoms with van der Waals surface area (Å²) in [5.74, 6) is 2.48. The van der Waals surface area contributed by atoms with E-state index in [1.807, 2.05) is 5.57 Å². The van der Waals surface area contributed by atoms with Crippen molar-refractivity contribution in [2.24, 2.45) is 28.6 Å². The minimum absolute atomic E-state index is 0. The predicted molar refractivity (Wildman–Crippen MR) is 182 cm³/mol. The summed E-state index contributed by atoms with van der Waals surface area (Å²) in [4.78, 5) is 0. The van der Waals surface area contributed by atoms with Gasteiger partial charge in [-0.3, -0.25) is 0 Å². The maximum atomic E-state index is 2.75. The number of fused-ring (bicyclic) bond motifs is 5. The van der Waals surface area contributed by atoms with Crippen molar-refractivity contribution in [3.63, 3.8) is 0 Å². The molecule has 0 bridgehead atoms. The van der Waals surface area contributed by atoms with Gasteiger partial charge < -0.3 is 24.8 Å². The number of aryl methyl sites for hydroxylation is 2. The van der Waals surface area contributed by atoms with E-state index in [1.54, 1.807) is 22.3 Å². The Balaban J connectivity index is 0.00000184. The molecule has 0 aliphatic heterocycles. The molecule has 3 heteroatoms. The van der Waals surface area contributed by atoms with Gasteiger partial charge in [0.1, 0.15) is 0 Å². The van der Waals surface area contributed by atoms with Crippen molar-refractivity contribution in [1.29, 1.82) is 0 Å². The van der Waals surface area contributed by atoms with E-state index in [0.717, 1.165) is 11.8 Å². The van der Waals surface area contributed by atoms with Gasteiger partial charge in [0.15, 0.2) is 0 Å². The van der Waals surface area contributed by atoms with Crippen LogP contribution in [-0.4, -0.2) is 0 Å². The molecule has 2 aromatic rings. The summed E-state index contributed by atoms with van der Waals surface area (Å²) in [6.45, 7) is 31.5. The van der Waals surface area contributed by atoms with Gasteiger partial charge in [-0.2, -0.15) is 0 Å². The van der Waals surface area contributed by atoms with Gasteiger partial charge in [0.05, 0.1) is 0 Å². The Labute approximate surface area is 308 Å². The van der Waals surface area contributed by atoms with Gasteiger partial charge in [0.25, 0.3) is 0 Å². The van der Waals surface area contributed by atoms with Crippen molar-refractivity contribution in [2.75, 3.05) is 0 Å². The summed E-state index contributed by atoms with van der Waals surface area (Å²) in [6, 6.07) is 10.5. The molecule has 1 fully saturated rings. The zero-order valence-electron chi connectivity index (χ0n) is 30.5. The second-order valence-corrected chi connectivity index (χ2v) is 18.1. The molecule has 0 aromatic heterocycles. The minimum Gasteiger partial charge on any atom is -1.00 e. The van der Waals surface area contributed by atoms with Crippen molar-refractivity contribution < 1.29 is 51.0 Å². The first kappa shape index (κ1) is 38.8. The van der Waals surface area contributed by atoms with E-state index in [-0.39, 0.29) is 72.7 Å². The third-order valence-corrected chi connectivity index (χ3v) is 12.1. The van der Waals surface area contributed by atoms with E-state index in [2.05, 4.69) is 120 Å². The van der Waals surface area contributed by atoms with Crippen LogP contribution in [0.25, 0.3) is 11.1 Å². The van der Waals surface area contributed by atoms with Crippen LogP contribution in [0.1, 0.15) is 148 Å². The van der Waals surface area contributed by atoms with Crippen LogP contribution in [0, 0.1) is 42.4 Å². The molecule has 4 aliphatic carbocycles. The van der Waals surface area contributed by atoms with E-state index >= 15 is 0 Å². The second kappa shape index (κ2) is 12.7. The van der Waals surface area contributed by atoms with Gasteiger partial charge in [-0.1, -0.05) is 130 Å². The zero-order chi connectivity index (χ0) is 30.7. The molecule has 1 saturated carbocycles. The average molecular weight is 725 g/mol. The minimum atomic E-state index is 0. The number of hydrogen-bond acceptors (Lipinski definition) is 0. The molecule has 0 N–H and O–H groups in total. The van der Waals surface area contributed by atoms with Crippen LogP contribution in [0.4, 0.5) is 0 Å². The number of hydrogen-bond donors (Lipinski definition) is 0. The average Bonchev–Trinajstić information content (AvgIpc) is 3.50. The maximum Gasteiger partial charge on any atom is 2.00 e.